The molecule has 2 N–H and O–H groups in total. The lowest BCUT2D eigenvalue weighted by atomic mass is 9.94. The van der Waals surface area contributed by atoms with Crippen LogP contribution in [0.15, 0.2) is 42.6 Å². The van der Waals surface area contributed by atoms with E-state index in [-0.39, 0.29) is 24.1 Å². The number of aryl methyl sites for hydroxylation is 1. The Labute approximate surface area is 167 Å². The highest BCUT2D eigenvalue weighted by Gasteiger charge is 2.26. The predicted octanol–water partition coefficient (Wildman–Crippen LogP) is 4.10. The molecule has 0 unspecified atom stereocenters. The molecule has 6 nitrogen and oxygen atoms in total. The maximum absolute atomic E-state index is 13.2. The van der Waals surface area contributed by atoms with Crippen molar-refractivity contribution in [3.8, 4) is 11.6 Å². The van der Waals surface area contributed by atoms with Crippen molar-refractivity contribution in [1.29, 1.82) is 0 Å². The summed E-state index contributed by atoms with van der Waals surface area (Å²) in [4.78, 5) is 32.0. The van der Waals surface area contributed by atoms with E-state index in [1.807, 2.05) is 0 Å². The van der Waals surface area contributed by atoms with Crippen LogP contribution in [0.25, 0.3) is 0 Å². The smallest absolute Gasteiger partial charge is 0.268 e. The lowest BCUT2D eigenvalue weighted by Crippen LogP contribution is -2.24. The Hall–Kier alpha value is -3.48. The summed E-state index contributed by atoms with van der Waals surface area (Å²) >= 11 is 0. The van der Waals surface area contributed by atoms with E-state index in [0.717, 1.165) is 24.1 Å². The number of nitrogens with zero attached hydrogens (tertiary/aromatic N) is 1. The first-order valence-corrected chi connectivity index (χ1v) is 9.42. The van der Waals surface area contributed by atoms with Gasteiger partial charge in [-0.05, 0) is 43.0 Å². The van der Waals surface area contributed by atoms with Gasteiger partial charge in [0.15, 0.2) is 5.78 Å². The van der Waals surface area contributed by atoms with Crippen LogP contribution in [-0.2, 0) is 13.0 Å². The van der Waals surface area contributed by atoms with Gasteiger partial charge in [-0.3, -0.25) is 9.59 Å². The summed E-state index contributed by atoms with van der Waals surface area (Å²) in [7, 11) is 0. The zero-order valence-electron chi connectivity index (χ0n) is 15.9. The van der Waals surface area contributed by atoms with Gasteiger partial charge in [-0.1, -0.05) is 12.1 Å². The van der Waals surface area contributed by atoms with E-state index in [9.17, 15) is 14.0 Å². The van der Waals surface area contributed by atoms with Crippen LogP contribution < -0.4 is 10.1 Å². The molecule has 1 aliphatic rings. The molecule has 0 saturated heterocycles. The van der Waals surface area contributed by atoms with Crippen LogP contribution in [0, 0.1) is 12.7 Å². The van der Waals surface area contributed by atoms with Crippen molar-refractivity contribution in [3.63, 3.8) is 0 Å². The van der Waals surface area contributed by atoms with Gasteiger partial charge in [0.2, 0.25) is 5.88 Å². The number of halogens is 1. The topological polar surface area (TPSA) is 84.1 Å². The molecule has 0 spiro atoms. The van der Waals surface area contributed by atoms with E-state index < -0.39 is 0 Å². The van der Waals surface area contributed by atoms with Crippen molar-refractivity contribution >= 4 is 11.7 Å². The van der Waals surface area contributed by atoms with Crippen molar-refractivity contribution < 1.29 is 18.7 Å². The van der Waals surface area contributed by atoms with E-state index in [4.69, 9.17) is 4.74 Å². The summed E-state index contributed by atoms with van der Waals surface area (Å²) in [6, 6.07) is 9.25. The fourth-order valence-electron chi connectivity index (χ4n) is 3.50. The van der Waals surface area contributed by atoms with Gasteiger partial charge in [0, 0.05) is 42.6 Å². The van der Waals surface area contributed by atoms with Crippen LogP contribution in [0.2, 0.25) is 0 Å². The number of carbonyl (C=O) groups is 2. The van der Waals surface area contributed by atoms with Crippen LogP contribution in [0.3, 0.4) is 0 Å². The minimum absolute atomic E-state index is 0.0946. The summed E-state index contributed by atoms with van der Waals surface area (Å²) in [5.41, 5.74) is 3.45. The second kappa shape index (κ2) is 7.87. The van der Waals surface area contributed by atoms with E-state index in [1.165, 1.54) is 12.1 Å². The number of amides is 1. The second-order valence-corrected chi connectivity index (χ2v) is 7.00. The van der Waals surface area contributed by atoms with Gasteiger partial charge in [0.1, 0.15) is 17.3 Å². The molecule has 2 aromatic heterocycles. The fraction of sp³-hybridized carbons (Fsp3) is 0.227. The molecule has 2 heterocycles. The van der Waals surface area contributed by atoms with Crippen molar-refractivity contribution in [2.24, 2.45) is 0 Å². The van der Waals surface area contributed by atoms with Crippen LogP contribution in [0.4, 0.5) is 4.39 Å². The van der Waals surface area contributed by atoms with Gasteiger partial charge in [0.05, 0.1) is 0 Å². The minimum Gasteiger partial charge on any atom is -0.439 e. The Morgan fingerprint density at radius 1 is 1.28 bits per heavy atom. The Bertz CT molecular complexity index is 1070. The summed E-state index contributed by atoms with van der Waals surface area (Å²) in [6.45, 7) is 2.08. The monoisotopic (exact) mass is 393 g/mol. The normalized spacial score (nSPS) is 13.1. The third kappa shape index (κ3) is 4.03. The van der Waals surface area contributed by atoms with E-state index in [0.29, 0.717) is 34.9 Å². The van der Waals surface area contributed by atoms with Gasteiger partial charge >= 0.3 is 0 Å². The minimum atomic E-state index is -0.384. The molecule has 1 aromatic carbocycles. The van der Waals surface area contributed by atoms with Gasteiger partial charge in [-0.25, -0.2) is 9.37 Å². The first-order chi connectivity index (χ1) is 14.0. The number of pyridine rings is 1. The molecule has 0 saturated carbocycles. The zero-order valence-corrected chi connectivity index (χ0v) is 15.9. The number of aromatic nitrogens is 2. The van der Waals surface area contributed by atoms with Gasteiger partial charge in [0.25, 0.3) is 5.91 Å². The standard InChI is InChI=1S/C22H20FN3O3/c1-13-20-17(6-3-7-18(20)27)26-21(13)22(28)25-12-14-8-9-19(24-11-14)29-16-5-2-4-15(23)10-16/h2,4-5,8-11,26H,3,6-7,12H2,1H3,(H,25,28). The Balaban J connectivity index is 1.39. The first-order valence-electron chi connectivity index (χ1n) is 9.42. The number of H-pyrrole nitrogens is 1. The van der Waals surface area contributed by atoms with Crippen LogP contribution in [-0.4, -0.2) is 21.7 Å². The number of benzene rings is 1. The number of ether oxygens (including phenoxy) is 1. The highest BCUT2D eigenvalue weighted by Crippen LogP contribution is 2.26. The summed E-state index contributed by atoms with van der Waals surface area (Å²) < 4.78 is 18.7. The molecule has 0 aliphatic heterocycles. The number of rotatable bonds is 5. The van der Waals surface area contributed by atoms with Crippen LogP contribution in [0.1, 0.15) is 50.5 Å². The maximum atomic E-state index is 13.2. The molecule has 0 radical (unpaired) electrons. The highest BCUT2D eigenvalue weighted by molar-refractivity contribution is 6.04. The number of fused-ring (bicyclic) bond motifs is 1. The molecule has 29 heavy (non-hydrogen) atoms. The Morgan fingerprint density at radius 3 is 2.86 bits per heavy atom. The SMILES string of the molecule is Cc1c(C(=O)NCc2ccc(Oc3cccc(F)c3)nc2)[nH]c2c1C(=O)CCC2. The van der Waals surface area contributed by atoms with Gasteiger partial charge < -0.3 is 15.0 Å². The van der Waals surface area contributed by atoms with E-state index in [1.54, 1.807) is 37.4 Å². The molecule has 148 valence electrons. The lowest BCUT2D eigenvalue weighted by Gasteiger charge is -2.09. The number of aromatic amines is 1. The molecule has 7 heteroatoms. The Kier molecular flexibility index (Phi) is 5.12. The zero-order chi connectivity index (χ0) is 20.4. The molecule has 4 rings (SSSR count). The molecule has 0 fully saturated rings. The van der Waals surface area contributed by atoms with Gasteiger partial charge in [-0.2, -0.15) is 0 Å². The van der Waals surface area contributed by atoms with Crippen LogP contribution >= 0.6 is 0 Å². The number of hydrogen-bond donors (Lipinski definition) is 2. The van der Waals surface area contributed by atoms with E-state index in [2.05, 4.69) is 15.3 Å². The number of nitrogens with one attached hydrogen (secondary N) is 2. The molecule has 0 atom stereocenters. The third-order valence-corrected chi connectivity index (χ3v) is 4.93. The summed E-state index contributed by atoms with van der Waals surface area (Å²) in [6.07, 6.45) is 3.71. The summed E-state index contributed by atoms with van der Waals surface area (Å²) in [5.74, 6) is 0.142. The predicted molar refractivity (Wildman–Crippen MR) is 105 cm³/mol. The number of hydrogen-bond acceptors (Lipinski definition) is 4. The van der Waals surface area contributed by atoms with Gasteiger partial charge in [-0.15, -0.1) is 0 Å². The van der Waals surface area contributed by atoms with Crippen LogP contribution in [0.5, 0.6) is 11.6 Å². The molecular formula is C22H20FN3O3. The Morgan fingerprint density at radius 2 is 2.14 bits per heavy atom. The largest absolute Gasteiger partial charge is 0.439 e. The average molecular weight is 393 g/mol. The quantitative estimate of drug-likeness (QED) is 0.684. The molecule has 1 aliphatic carbocycles. The third-order valence-electron chi connectivity index (χ3n) is 4.93. The van der Waals surface area contributed by atoms with Crippen molar-refractivity contribution in [2.75, 3.05) is 0 Å². The lowest BCUT2D eigenvalue weighted by molar-refractivity contribution is 0.0945. The van der Waals surface area contributed by atoms with Crippen molar-refractivity contribution in [2.45, 2.75) is 32.7 Å². The van der Waals surface area contributed by atoms with Crippen molar-refractivity contribution in [1.82, 2.24) is 15.3 Å². The number of carbonyl (C=O) groups excluding carboxylic acids is 2. The first kappa shape index (κ1) is 18.9. The molecule has 0 bridgehead atoms. The van der Waals surface area contributed by atoms with E-state index >= 15 is 0 Å². The summed E-state index contributed by atoms with van der Waals surface area (Å²) in [5, 5.41) is 2.84. The second-order valence-electron chi connectivity index (χ2n) is 7.00. The average Bonchev–Trinajstić information content (AvgIpc) is 3.05. The number of ketones is 1. The van der Waals surface area contributed by atoms with Crippen molar-refractivity contribution in [3.05, 3.63) is 76.5 Å². The molecule has 1 amide bonds. The fourth-order valence-corrected chi connectivity index (χ4v) is 3.50. The number of Topliss-reactive ketones (excluding diaryl/α,β-unsaturated/α-hetero) is 1. The molecule has 3 aromatic rings. The maximum Gasteiger partial charge on any atom is 0.268 e. The molecular weight excluding hydrogens is 373 g/mol. The highest BCUT2D eigenvalue weighted by atomic mass is 19.1.